The second-order valence-electron chi connectivity index (χ2n) is 6.22. The lowest BCUT2D eigenvalue weighted by atomic mass is 9.99. The molecule has 4 amide bonds. The molecule has 1 unspecified atom stereocenters. The van der Waals surface area contributed by atoms with Gasteiger partial charge in [-0.3, -0.25) is 9.59 Å². The first kappa shape index (κ1) is 20.1. The summed E-state index contributed by atoms with van der Waals surface area (Å²) in [5.41, 5.74) is 0.385. The number of amidine groups is 1. The predicted molar refractivity (Wildman–Crippen MR) is 104 cm³/mol. The number of benzene rings is 1. The highest BCUT2D eigenvalue weighted by Gasteiger charge is 2.50. The Bertz CT molecular complexity index is 965. The number of methoxy groups -OCH3 is 3. The van der Waals surface area contributed by atoms with Crippen molar-refractivity contribution in [2.24, 2.45) is 10.9 Å². The zero-order valence-corrected chi connectivity index (χ0v) is 16.5. The van der Waals surface area contributed by atoms with Gasteiger partial charge in [0.1, 0.15) is 23.5 Å². The first-order valence-electron chi connectivity index (χ1n) is 8.67. The molecule has 3 rings (SSSR count). The van der Waals surface area contributed by atoms with Crippen LogP contribution in [-0.2, 0) is 14.3 Å². The van der Waals surface area contributed by atoms with Gasteiger partial charge in [-0.25, -0.2) is 4.79 Å². The van der Waals surface area contributed by atoms with Crippen molar-refractivity contribution in [2.75, 3.05) is 40.2 Å². The Kier molecular flexibility index (Phi) is 5.62. The van der Waals surface area contributed by atoms with Gasteiger partial charge < -0.3 is 19.5 Å². The Hall–Kier alpha value is -3.69. The van der Waals surface area contributed by atoms with Gasteiger partial charge in [-0.2, -0.15) is 9.48 Å². The Morgan fingerprint density at radius 1 is 1.21 bits per heavy atom. The van der Waals surface area contributed by atoms with Crippen molar-refractivity contribution in [3.8, 4) is 11.5 Å². The molecule has 0 aromatic heterocycles. The maximum absolute atomic E-state index is 12.9. The number of carbonyl (C=O) groups is 3. The quantitative estimate of drug-likeness (QED) is 0.709. The zero-order valence-electron chi connectivity index (χ0n) is 16.5. The molecule has 0 saturated heterocycles. The molecule has 10 nitrogen and oxygen atoms in total. The van der Waals surface area contributed by atoms with E-state index in [1.807, 2.05) is 0 Å². The van der Waals surface area contributed by atoms with Crippen LogP contribution in [0.1, 0.15) is 0 Å². The van der Waals surface area contributed by atoms with E-state index in [1.165, 1.54) is 39.2 Å². The van der Waals surface area contributed by atoms with Crippen LogP contribution in [-0.4, -0.2) is 74.3 Å². The Balaban J connectivity index is 1.81. The standard InChI is InChI=1S/C19H20N4O6/c1-22-17-16(13(28-3)7-8-20-17)18(25)23(19(22)26)10-15(24)21-12-6-5-11(27-2)9-14(12)29-4/h5-9,16H,10H2,1-4H3/p+1. The number of nitrogens with zero attached hydrogens (tertiary/aromatic N) is 3. The lowest BCUT2D eigenvalue weighted by molar-refractivity contribution is -0.408. The molecule has 10 heteroatoms. The van der Waals surface area contributed by atoms with E-state index in [2.05, 4.69) is 10.3 Å². The van der Waals surface area contributed by atoms with Crippen LogP contribution in [0.4, 0.5) is 10.5 Å². The molecule has 1 aromatic rings. The van der Waals surface area contributed by atoms with E-state index >= 15 is 0 Å². The minimum Gasteiger partial charge on any atom is -0.499 e. The van der Waals surface area contributed by atoms with E-state index in [-0.39, 0.29) is 5.84 Å². The maximum Gasteiger partial charge on any atom is 0.446 e. The molecule has 2 aliphatic rings. The molecule has 1 atom stereocenters. The monoisotopic (exact) mass is 401 g/mol. The molecule has 0 aliphatic carbocycles. The van der Waals surface area contributed by atoms with Crippen LogP contribution in [0.5, 0.6) is 11.5 Å². The fourth-order valence-corrected chi connectivity index (χ4v) is 3.09. The first-order chi connectivity index (χ1) is 13.9. The van der Waals surface area contributed by atoms with Crippen molar-refractivity contribution in [3.05, 3.63) is 30.0 Å². The van der Waals surface area contributed by atoms with Gasteiger partial charge in [-0.15, -0.1) is 4.99 Å². The second kappa shape index (κ2) is 8.13. The third-order valence-corrected chi connectivity index (χ3v) is 4.58. The summed E-state index contributed by atoms with van der Waals surface area (Å²) in [4.78, 5) is 43.1. The lowest BCUT2D eigenvalue weighted by Crippen LogP contribution is -2.56. The van der Waals surface area contributed by atoms with Crippen molar-refractivity contribution in [3.63, 3.8) is 0 Å². The molecular weight excluding hydrogens is 380 g/mol. The summed E-state index contributed by atoms with van der Waals surface area (Å²) in [6, 6.07) is 4.22. The normalized spacial score (nSPS) is 18.3. The van der Waals surface area contributed by atoms with Crippen molar-refractivity contribution < 1.29 is 33.2 Å². The van der Waals surface area contributed by atoms with E-state index in [0.717, 1.165) is 4.90 Å². The summed E-state index contributed by atoms with van der Waals surface area (Å²) in [6.07, 6.45) is 3.01. The highest BCUT2D eigenvalue weighted by Crippen LogP contribution is 2.29. The van der Waals surface area contributed by atoms with E-state index in [1.54, 1.807) is 24.3 Å². The van der Waals surface area contributed by atoms with Gasteiger partial charge in [0.05, 0.1) is 34.1 Å². The van der Waals surface area contributed by atoms with Gasteiger partial charge in [-0.05, 0) is 12.1 Å². The zero-order chi connectivity index (χ0) is 21.1. The van der Waals surface area contributed by atoms with Crippen molar-refractivity contribution in [1.29, 1.82) is 0 Å². The number of dihydropyridines is 1. The minimum absolute atomic E-state index is 0.257. The van der Waals surface area contributed by atoms with E-state index in [0.29, 0.717) is 22.9 Å². The van der Waals surface area contributed by atoms with Gasteiger partial charge in [0.15, 0.2) is 12.5 Å². The molecule has 29 heavy (non-hydrogen) atoms. The van der Waals surface area contributed by atoms with Crippen LogP contribution < -0.4 is 14.8 Å². The summed E-state index contributed by atoms with van der Waals surface area (Å²) in [5, 5.41) is 2.65. The van der Waals surface area contributed by atoms with E-state index in [9.17, 15) is 14.4 Å². The van der Waals surface area contributed by atoms with Crippen LogP contribution in [0.25, 0.3) is 0 Å². The highest BCUT2D eigenvalue weighted by molar-refractivity contribution is 6.16. The number of fused-ring (bicyclic) bond motifs is 1. The number of ether oxygens (including phenoxy) is 3. The average molecular weight is 401 g/mol. The number of aliphatic imine (C=N–C) groups is 1. The summed E-state index contributed by atoms with van der Waals surface area (Å²) in [6.45, 7) is -0.471. The lowest BCUT2D eigenvalue weighted by Gasteiger charge is -2.27. The van der Waals surface area contributed by atoms with Gasteiger partial charge in [0, 0.05) is 12.1 Å². The van der Waals surface area contributed by atoms with Gasteiger partial charge in [0.2, 0.25) is 0 Å². The summed E-state index contributed by atoms with van der Waals surface area (Å²) in [7, 11) is 5.89. The number of amides is 4. The number of hydrogen-bond donors (Lipinski definition) is 1. The molecule has 152 valence electrons. The number of urea groups is 1. The molecule has 0 radical (unpaired) electrons. The molecule has 2 heterocycles. The van der Waals surface area contributed by atoms with Gasteiger partial charge >= 0.3 is 11.9 Å². The summed E-state index contributed by atoms with van der Waals surface area (Å²) in [5.74, 6) is -0.472. The average Bonchev–Trinajstić information content (AvgIpc) is 2.74. The summed E-state index contributed by atoms with van der Waals surface area (Å²) < 4.78 is 16.8. The predicted octanol–water partition coefficient (Wildman–Crippen LogP) is 0.876. The van der Waals surface area contributed by atoms with Crippen LogP contribution >= 0.6 is 0 Å². The largest absolute Gasteiger partial charge is 0.499 e. The molecule has 0 spiro atoms. The number of anilines is 1. The fraction of sp³-hybridized carbons (Fsp3) is 0.316. The first-order valence-corrected chi connectivity index (χ1v) is 8.67. The fourth-order valence-electron chi connectivity index (χ4n) is 3.09. The third-order valence-electron chi connectivity index (χ3n) is 4.58. The maximum atomic E-state index is 12.9. The molecule has 1 aromatic carbocycles. The number of carbonyl (C=O) groups excluding carboxylic acids is 3. The molecule has 0 bridgehead atoms. The number of nitrogens with one attached hydrogen (secondary N) is 1. The Morgan fingerprint density at radius 3 is 2.62 bits per heavy atom. The second-order valence-corrected chi connectivity index (χ2v) is 6.22. The smallest absolute Gasteiger partial charge is 0.446 e. The van der Waals surface area contributed by atoms with Gasteiger partial charge in [-0.1, -0.05) is 0 Å². The Labute approximate surface area is 167 Å². The van der Waals surface area contributed by atoms with Gasteiger partial charge in [0.25, 0.3) is 11.7 Å². The van der Waals surface area contributed by atoms with E-state index < -0.39 is 30.3 Å². The number of allylic oxidation sites excluding steroid dienone is 1. The van der Waals surface area contributed by atoms with Crippen LogP contribution in [0.15, 0.2) is 35.0 Å². The highest BCUT2D eigenvalue weighted by atomic mass is 16.5. The number of imide groups is 1. The molecule has 1 N–H and O–H groups in total. The van der Waals surface area contributed by atoms with Crippen LogP contribution in [0, 0.1) is 5.92 Å². The number of hydrogen-bond acceptors (Lipinski definition) is 7. The minimum atomic E-state index is -0.879. The number of rotatable bonds is 6. The third kappa shape index (κ3) is 3.68. The Morgan fingerprint density at radius 2 is 1.97 bits per heavy atom. The molecule has 0 fully saturated rings. The molecule has 2 aliphatic heterocycles. The molecular formula is C19H21N4O6+. The van der Waals surface area contributed by atoms with Crippen molar-refractivity contribution >= 4 is 35.6 Å². The van der Waals surface area contributed by atoms with Crippen LogP contribution in [0.3, 0.4) is 0 Å². The van der Waals surface area contributed by atoms with E-state index in [4.69, 9.17) is 14.2 Å². The van der Waals surface area contributed by atoms with Crippen molar-refractivity contribution in [1.82, 2.24) is 4.90 Å². The summed E-state index contributed by atoms with van der Waals surface area (Å²) >= 11 is 0. The van der Waals surface area contributed by atoms with Crippen LogP contribution in [0.2, 0.25) is 0 Å². The topological polar surface area (TPSA) is 110 Å². The van der Waals surface area contributed by atoms with Crippen molar-refractivity contribution in [2.45, 2.75) is 0 Å². The molecule has 0 saturated carbocycles. The SMILES string of the molecule is COC1=CC=NC2=[N+](C)C(=O)N(CC(=O)Nc3ccc(OC)cc3OC)C(=O)C12.